The van der Waals surface area contributed by atoms with Gasteiger partial charge in [-0.25, -0.2) is 0 Å². The van der Waals surface area contributed by atoms with E-state index in [0.717, 1.165) is 11.3 Å². The van der Waals surface area contributed by atoms with Crippen molar-refractivity contribution in [3.8, 4) is 5.75 Å². The van der Waals surface area contributed by atoms with Crippen LogP contribution in [0.1, 0.15) is 18.5 Å². The Morgan fingerprint density at radius 3 is 2.82 bits per heavy atom. The van der Waals surface area contributed by atoms with Gasteiger partial charge in [-0.05, 0) is 13.0 Å². The molecule has 1 aromatic rings. The topological polar surface area (TPSA) is 35.2 Å². The second-order valence-corrected chi connectivity index (χ2v) is 2.89. The Labute approximate surface area is 66.0 Å². The van der Waals surface area contributed by atoms with Crippen LogP contribution in [0, 0.1) is 0 Å². The van der Waals surface area contributed by atoms with E-state index in [1.807, 2.05) is 31.2 Å². The number of fused-ring (bicyclic) bond motifs is 1. The predicted octanol–water partition coefficient (Wildman–Crippen LogP) is 1.47. The molecule has 0 aromatic heterocycles. The Kier molecular flexibility index (Phi) is 1.36. The van der Waals surface area contributed by atoms with E-state index in [4.69, 9.17) is 10.5 Å². The number of nitrogens with two attached hydrogens (primary N) is 1. The van der Waals surface area contributed by atoms with E-state index in [-0.39, 0.29) is 12.1 Å². The van der Waals surface area contributed by atoms with Crippen LogP contribution in [0.2, 0.25) is 0 Å². The molecule has 0 radical (unpaired) electrons. The molecule has 1 aliphatic rings. The maximum absolute atomic E-state index is 5.86. The summed E-state index contributed by atoms with van der Waals surface area (Å²) >= 11 is 0. The van der Waals surface area contributed by atoms with Crippen molar-refractivity contribution in [3.05, 3.63) is 29.8 Å². The molecule has 0 spiro atoms. The smallest absolute Gasteiger partial charge is 0.124 e. The van der Waals surface area contributed by atoms with Gasteiger partial charge >= 0.3 is 0 Å². The highest BCUT2D eigenvalue weighted by atomic mass is 16.5. The summed E-state index contributed by atoms with van der Waals surface area (Å²) in [7, 11) is 0. The van der Waals surface area contributed by atoms with Crippen LogP contribution in [0.15, 0.2) is 24.3 Å². The Morgan fingerprint density at radius 2 is 2.09 bits per heavy atom. The first kappa shape index (κ1) is 6.68. The van der Waals surface area contributed by atoms with Gasteiger partial charge in [0.2, 0.25) is 0 Å². The zero-order chi connectivity index (χ0) is 7.84. The Hall–Kier alpha value is -1.02. The van der Waals surface area contributed by atoms with Crippen LogP contribution in [-0.4, -0.2) is 6.10 Å². The summed E-state index contributed by atoms with van der Waals surface area (Å²) in [6.45, 7) is 1.99. The number of para-hydroxylation sites is 1. The van der Waals surface area contributed by atoms with E-state index in [2.05, 4.69) is 0 Å². The van der Waals surface area contributed by atoms with Gasteiger partial charge in [0, 0.05) is 5.56 Å². The highest BCUT2D eigenvalue weighted by molar-refractivity contribution is 5.39. The van der Waals surface area contributed by atoms with Gasteiger partial charge in [0.15, 0.2) is 0 Å². The molecule has 2 rings (SSSR count). The number of hydrogen-bond donors (Lipinski definition) is 1. The normalized spacial score (nSPS) is 27.8. The number of hydrogen-bond acceptors (Lipinski definition) is 2. The van der Waals surface area contributed by atoms with Crippen LogP contribution in [-0.2, 0) is 0 Å². The molecule has 58 valence electrons. The fourth-order valence-electron chi connectivity index (χ4n) is 1.39. The zero-order valence-electron chi connectivity index (χ0n) is 6.45. The summed E-state index contributed by atoms with van der Waals surface area (Å²) in [5, 5.41) is 0. The van der Waals surface area contributed by atoms with Gasteiger partial charge in [0.05, 0.1) is 6.04 Å². The van der Waals surface area contributed by atoms with Crippen LogP contribution in [0.25, 0.3) is 0 Å². The molecule has 0 bridgehead atoms. The van der Waals surface area contributed by atoms with E-state index >= 15 is 0 Å². The molecule has 1 aromatic carbocycles. The average Bonchev–Trinajstić information content (AvgIpc) is 2.30. The van der Waals surface area contributed by atoms with Gasteiger partial charge in [0.25, 0.3) is 0 Å². The molecule has 2 N–H and O–H groups in total. The Bertz CT molecular complexity index is 272. The minimum atomic E-state index is 0.0474. The SMILES string of the molecule is CC1Oc2ccccc2C1N. The maximum atomic E-state index is 5.86. The van der Waals surface area contributed by atoms with Gasteiger partial charge in [-0.15, -0.1) is 0 Å². The molecule has 0 saturated heterocycles. The third-order valence-electron chi connectivity index (χ3n) is 2.10. The van der Waals surface area contributed by atoms with Crippen LogP contribution < -0.4 is 10.5 Å². The van der Waals surface area contributed by atoms with E-state index in [9.17, 15) is 0 Å². The molecule has 0 aliphatic carbocycles. The summed E-state index contributed by atoms with van der Waals surface area (Å²) in [6, 6.07) is 7.97. The molecule has 1 aliphatic heterocycles. The molecule has 11 heavy (non-hydrogen) atoms. The highest BCUT2D eigenvalue weighted by Crippen LogP contribution is 2.34. The lowest BCUT2D eigenvalue weighted by atomic mass is 10.1. The number of rotatable bonds is 0. The van der Waals surface area contributed by atoms with Crippen molar-refractivity contribution in [2.45, 2.75) is 19.1 Å². The van der Waals surface area contributed by atoms with Gasteiger partial charge in [-0.1, -0.05) is 18.2 Å². The van der Waals surface area contributed by atoms with Crippen molar-refractivity contribution in [2.75, 3.05) is 0 Å². The second-order valence-electron chi connectivity index (χ2n) is 2.89. The lowest BCUT2D eigenvalue weighted by Crippen LogP contribution is -2.21. The fourth-order valence-corrected chi connectivity index (χ4v) is 1.39. The summed E-state index contributed by atoms with van der Waals surface area (Å²) < 4.78 is 5.49. The van der Waals surface area contributed by atoms with Crippen molar-refractivity contribution >= 4 is 0 Å². The quantitative estimate of drug-likeness (QED) is 0.606. The molecule has 1 heterocycles. The van der Waals surface area contributed by atoms with Crippen molar-refractivity contribution in [3.63, 3.8) is 0 Å². The second kappa shape index (κ2) is 2.24. The lowest BCUT2D eigenvalue weighted by Gasteiger charge is -2.07. The minimum absolute atomic E-state index is 0.0474. The lowest BCUT2D eigenvalue weighted by molar-refractivity contribution is 0.228. The summed E-state index contributed by atoms with van der Waals surface area (Å²) in [6.07, 6.45) is 0.118. The molecule has 2 nitrogen and oxygen atoms in total. The predicted molar refractivity (Wildman–Crippen MR) is 43.5 cm³/mol. The summed E-state index contributed by atoms with van der Waals surface area (Å²) in [4.78, 5) is 0. The van der Waals surface area contributed by atoms with E-state index in [0.29, 0.717) is 0 Å². The molecule has 0 fully saturated rings. The van der Waals surface area contributed by atoms with Crippen LogP contribution >= 0.6 is 0 Å². The monoisotopic (exact) mass is 149 g/mol. The van der Waals surface area contributed by atoms with Gasteiger partial charge in [-0.3, -0.25) is 0 Å². The minimum Gasteiger partial charge on any atom is -0.488 e. The largest absolute Gasteiger partial charge is 0.488 e. The fraction of sp³-hybridized carbons (Fsp3) is 0.333. The zero-order valence-corrected chi connectivity index (χ0v) is 6.45. The van der Waals surface area contributed by atoms with Crippen molar-refractivity contribution < 1.29 is 4.74 Å². The first-order valence-corrected chi connectivity index (χ1v) is 3.80. The van der Waals surface area contributed by atoms with Gasteiger partial charge in [-0.2, -0.15) is 0 Å². The molecule has 2 atom stereocenters. The number of ether oxygens (including phenoxy) is 1. The first-order chi connectivity index (χ1) is 5.29. The number of benzene rings is 1. The van der Waals surface area contributed by atoms with Crippen LogP contribution in [0.3, 0.4) is 0 Å². The Balaban J connectivity index is 2.47. The standard InChI is InChI=1S/C9H11NO/c1-6-9(10)7-4-2-3-5-8(7)11-6/h2-6,9H,10H2,1H3. The maximum Gasteiger partial charge on any atom is 0.124 e. The molecule has 0 amide bonds. The van der Waals surface area contributed by atoms with Crippen molar-refractivity contribution in [1.29, 1.82) is 0 Å². The van der Waals surface area contributed by atoms with Crippen LogP contribution in [0.5, 0.6) is 5.75 Å². The van der Waals surface area contributed by atoms with Crippen LogP contribution in [0.4, 0.5) is 0 Å². The molecule has 2 heteroatoms. The van der Waals surface area contributed by atoms with Crippen molar-refractivity contribution in [1.82, 2.24) is 0 Å². The Morgan fingerprint density at radius 1 is 1.36 bits per heavy atom. The van der Waals surface area contributed by atoms with E-state index in [1.165, 1.54) is 0 Å². The molecule has 2 unspecified atom stereocenters. The molecular weight excluding hydrogens is 138 g/mol. The van der Waals surface area contributed by atoms with Crippen molar-refractivity contribution in [2.24, 2.45) is 5.73 Å². The van der Waals surface area contributed by atoms with Gasteiger partial charge in [0.1, 0.15) is 11.9 Å². The molecule has 0 saturated carbocycles. The van der Waals surface area contributed by atoms with Gasteiger partial charge < -0.3 is 10.5 Å². The third kappa shape index (κ3) is 0.906. The highest BCUT2D eigenvalue weighted by Gasteiger charge is 2.26. The average molecular weight is 149 g/mol. The summed E-state index contributed by atoms with van der Waals surface area (Å²) in [5.41, 5.74) is 6.99. The van der Waals surface area contributed by atoms with E-state index in [1.54, 1.807) is 0 Å². The summed E-state index contributed by atoms with van der Waals surface area (Å²) in [5.74, 6) is 0.938. The first-order valence-electron chi connectivity index (χ1n) is 3.80. The third-order valence-corrected chi connectivity index (χ3v) is 2.10. The van der Waals surface area contributed by atoms with E-state index < -0.39 is 0 Å². The molecular formula is C9H11NO.